The minimum atomic E-state index is 0.655. The lowest BCUT2D eigenvalue weighted by Crippen LogP contribution is -2.17. The van der Waals surface area contributed by atoms with Gasteiger partial charge in [-0.25, -0.2) is 0 Å². The van der Waals surface area contributed by atoms with Crippen LogP contribution in [-0.2, 0) is 0 Å². The fourth-order valence-electron chi connectivity index (χ4n) is 1.32. The molecule has 0 aromatic rings. The summed E-state index contributed by atoms with van der Waals surface area (Å²) in [6.45, 7) is 0. The Kier molecular flexibility index (Phi) is 20.7. The molecule has 0 rings (SSSR count). The first-order valence-corrected chi connectivity index (χ1v) is 13.5. The lowest BCUT2D eigenvalue weighted by molar-refractivity contribution is 1.10. The van der Waals surface area contributed by atoms with Gasteiger partial charge >= 0.3 is 0 Å². The fourth-order valence-corrected chi connectivity index (χ4v) is 7.65. The van der Waals surface area contributed by atoms with E-state index < -0.39 is 0 Å². The Labute approximate surface area is 164 Å². The third-order valence-corrected chi connectivity index (χ3v) is 10.1. The second-order valence-electron chi connectivity index (χ2n) is 3.95. The van der Waals surface area contributed by atoms with Crippen molar-refractivity contribution in [2.24, 2.45) is 0 Å². The summed E-state index contributed by atoms with van der Waals surface area (Å²) >= 11 is 25.5. The Balaban J connectivity index is 3.96. The highest BCUT2D eigenvalue weighted by Gasteiger charge is 2.14. The third-order valence-electron chi connectivity index (χ3n) is 2.25. The van der Waals surface area contributed by atoms with Crippen molar-refractivity contribution in [1.29, 1.82) is 0 Å². The van der Waals surface area contributed by atoms with Crippen LogP contribution in [0, 0.1) is 0 Å². The first-order valence-electron chi connectivity index (χ1n) is 6.60. The van der Waals surface area contributed by atoms with Gasteiger partial charge in [0.2, 0.25) is 0 Å². The van der Waals surface area contributed by atoms with E-state index in [2.05, 4.69) is 62.3 Å². The van der Waals surface area contributed by atoms with E-state index in [-0.39, 0.29) is 0 Å². The maximum absolute atomic E-state index is 4.47. The summed E-state index contributed by atoms with van der Waals surface area (Å²) in [7, 11) is 0. The zero-order valence-corrected chi connectivity index (χ0v) is 18.5. The lowest BCUT2D eigenvalue weighted by Gasteiger charge is -2.19. The molecule has 20 heavy (non-hydrogen) atoms. The van der Waals surface area contributed by atoms with Gasteiger partial charge in [-0.15, -0.1) is 0 Å². The van der Waals surface area contributed by atoms with E-state index in [1.807, 2.05) is 35.3 Å². The van der Waals surface area contributed by atoms with Crippen molar-refractivity contribution in [2.45, 2.75) is 10.5 Å². The zero-order valence-electron chi connectivity index (χ0n) is 11.6. The van der Waals surface area contributed by atoms with E-state index in [1.165, 1.54) is 17.3 Å². The van der Waals surface area contributed by atoms with Crippen molar-refractivity contribution in [3.63, 3.8) is 0 Å². The summed E-state index contributed by atoms with van der Waals surface area (Å²) in [4.78, 5) is 0. The molecule has 0 saturated heterocycles. The molecule has 1 unspecified atom stereocenters. The van der Waals surface area contributed by atoms with Gasteiger partial charge in [-0.1, -0.05) is 0 Å². The summed E-state index contributed by atoms with van der Waals surface area (Å²) in [6.07, 6.45) is 0. The molecular weight excluding hydrogens is 401 g/mol. The number of thioether (sulfide) groups is 4. The molecule has 1 atom stereocenters. The molecule has 0 aromatic heterocycles. The molecule has 0 bridgehead atoms. The molecule has 0 aromatic carbocycles. The first-order chi connectivity index (χ1) is 9.78. The molecule has 0 fully saturated rings. The molecule has 0 spiro atoms. The van der Waals surface area contributed by atoms with Gasteiger partial charge in [0.1, 0.15) is 0 Å². The summed E-state index contributed by atoms with van der Waals surface area (Å²) < 4.78 is 0. The molecule has 0 radical (unpaired) electrons. The van der Waals surface area contributed by atoms with E-state index in [4.69, 9.17) is 0 Å². The van der Waals surface area contributed by atoms with Crippen LogP contribution in [0.15, 0.2) is 0 Å². The van der Waals surface area contributed by atoms with E-state index >= 15 is 0 Å². The van der Waals surface area contributed by atoms with Gasteiger partial charge in [0.25, 0.3) is 0 Å². The van der Waals surface area contributed by atoms with E-state index in [9.17, 15) is 0 Å². The highest BCUT2D eigenvalue weighted by atomic mass is 32.2. The normalized spacial score (nSPS) is 13.1. The summed E-state index contributed by atoms with van der Waals surface area (Å²) in [5, 5.41) is 1.39. The maximum Gasteiger partial charge on any atom is 0.0229 e. The van der Waals surface area contributed by atoms with Crippen molar-refractivity contribution in [3.8, 4) is 0 Å². The van der Waals surface area contributed by atoms with E-state index in [1.54, 1.807) is 0 Å². The third kappa shape index (κ3) is 14.4. The molecule has 0 amide bonds. The highest BCUT2D eigenvalue weighted by molar-refractivity contribution is 8.07. The lowest BCUT2D eigenvalue weighted by atomic mass is 10.5. The van der Waals surface area contributed by atoms with Gasteiger partial charge < -0.3 is 0 Å². The number of hydrogen-bond donors (Lipinski definition) is 4. The molecule has 0 aliphatic rings. The Morgan fingerprint density at radius 2 is 1.15 bits per heavy atom. The molecule has 0 N–H and O–H groups in total. The molecule has 0 saturated carbocycles. The summed E-state index contributed by atoms with van der Waals surface area (Å²) in [5.41, 5.74) is 0. The van der Waals surface area contributed by atoms with E-state index in [0.29, 0.717) is 5.25 Å². The van der Waals surface area contributed by atoms with Crippen molar-refractivity contribution < 1.29 is 0 Å². The van der Waals surface area contributed by atoms with Gasteiger partial charge in [0.05, 0.1) is 0 Å². The number of hydrogen-bond acceptors (Lipinski definition) is 8. The topological polar surface area (TPSA) is 0 Å². The Morgan fingerprint density at radius 3 is 1.60 bits per heavy atom. The summed E-state index contributed by atoms with van der Waals surface area (Å²) in [6, 6.07) is 0. The number of thiol groups is 4. The smallest absolute Gasteiger partial charge is 0.0229 e. The van der Waals surface area contributed by atoms with Crippen LogP contribution in [-0.4, -0.2) is 68.0 Å². The predicted molar refractivity (Wildman–Crippen MR) is 123 cm³/mol. The molecule has 0 heterocycles. The van der Waals surface area contributed by atoms with Gasteiger partial charge in [-0.05, 0) is 17.3 Å². The zero-order chi connectivity index (χ0) is 15.1. The van der Waals surface area contributed by atoms with Crippen LogP contribution in [0.5, 0.6) is 0 Å². The number of rotatable bonds is 15. The minimum Gasteiger partial charge on any atom is -0.179 e. The Hall–Kier alpha value is 2.80. The average molecular weight is 427 g/mol. The van der Waals surface area contributed by atoms with Gasteiger partial charge in [-0.2, -0.15) is 97.6 Å². The van der Waals surface area contributed by atoms with Crippen molar-refractivity contribution in [2.75, 3.05) is 57.5 Å². The van der Waals surface area contributed by atoms with Gasteiger partial charge in [0.15, 0.2) is 0 Å². The van der Waals surface area contributed by atoms with Crippen LogP contribution in [0.4, 0.5) is 0 Å². The van der Waals surface area contributed by atoms with Crippen LogP contribution in [0.25, 0.3) is 0 Å². The maximum atomic E-state index is 4.47. The van der Waals surface area contributed by atoms with Crippen LogP contribution in [0.3, 0.4) is 0 Å². The molecule has 8 heteroatoms. The molecule has 0 aliphatic heterocycles. The standard InChI is InChI=1S/C12H26S8/c13-1-4-17-8-12(9-18-5-2-14)20-10-11(7-16)19-6-3-15/h11-16H,1-10H2. The molecule has 122 valence electrons. The fraction of sp³-hybridized carbons (Fsp3) is 1.00. The second kappa shape index (κ2) is 18.1. The average Bonchev–Trinajstić information content (AvgIpc) is 2.47. The van der Waals surface area contributed by atoms with Crippen molar-refractivity contribution >= 4 is 97.6 Å². The van der Waals surface area contributed by atoms with Gasteiger partial charge in [0, 0.05) is 50.8 Å². The molecular formula is C12H26S8. The molecule has 0 aliphatic carbocycles. The van der Waals surface area contributed by atoms with Crippen LogP contribution >= 0.6 is 97.6 Å². The van der Waals surface area contributed by atoms with Crippen molar-refractivity contribution in [3.05, 3.63) is 0 Å². The molecule has 0 nitrogen and oxygen atoms in total. The first kappa shape index (κ1) is 22.8. The minimum absolute atomic E-state index is 0.655. The van der Waals surface area contributed by atoms with Gasteiger partial charge in [-0.3, -0.25) is 0 Å². The quantitative estimate of drug-likeness (QED) is 0.226. The Morgan fingerprint density at radius 1 is 0.600 bits per heavy atom. The largest absolute Gasteiger partial charge is 0.179 e. The van der Waals surface area contributed by atoms with Crippen molar-refractivity contribution in [1.82, 2.24) is 0 Å². The Bertz CT molecular complexity index is 182. The second-order valence-corrected chi connectivity index (χ2v) is 10.7. The van der Waals surface area contributed by atoms with Crippen LogP contribution < -0.4 is 0 Å². The predicted octanol–water partition coefficient (Wildman–Crippen LogP) is 4.38. The summed E-state index contributed by atoms with van der Waals surface area (Å²) in [5.74, 6) is 11.0. The van der Waals surface area contributed by atoms with Crippen LogP contribution in [0.2, 0.25) is 0 Å². The van der Waals surface area contributed by atoms with Crippen LogP contribution in [0.1, 0.15) is 0 Å². The SMILES string of the molecule is SCCSCC(CSCCS)SCC(CS)SCCS. The van der Waals surface area contributed by atoms with E-state index in [0.717, 1.165) is 45.5 Å². The monoisotopic (exact) mass is 426 g/mol. The highest BCUT2D eigenvalue weighted by Crippen LogP contribution is 2.26.